The van der Waals surface area contributed by atoms with Gasteiger partial charge in [-0.15, -0.1) is 0 Å². The molecule has 2 aromatic rings. The lowest BCUT2D eigenvalue weighted by atomic mass is 10.1. The van der Waals surface area contributed by atoms with Crippen molar-refractivity contribution in [3.63, 3.8) is 0 Å². The summed E-state index contributed by atoms with van der Waals surface area (Å²) in [6.45, 7) is 6.51. The average Bonchev–Trinajstić information content (AvgIpc) is 2.50. The molecule has 0 amide bonds. The molecule has 0 aliphatic rings. The summed E-state index contributed by atoms with van der Waals surface area (Å²) in [5.41, 5.74) is 10.2. The smallest absolute Gasteiger partial charge is 0.128 e. The summed E-state index contributed by atoms with van der Waals surface area (Å²) in [6, 6.07) is 6.17. The topological polar surface area (TPSA) is 53.1 Å². The molecule has 0 aliphatic carbocycles. The van der Waals surface area contributed by atoms with Gasteiger partial charge in [-0.05, 0) is 44.0 Å². The molecule has 0 saturated carbocycles. The van der Waals surface area contributed by atoms with E-state index in [1.54, 1.807) is 4.68 Å². The number of hydrogen-bond donors (Lipinski definition) is 1. The van der Waals surface area contributed by atoms with E-state index >= 15 is 0 Å². The van der Waals surface area contributed by atoms with Gasteiger partial charge in [-0.3, -0.25) is 4.68 Å². The Kier molecular flexibility index (Phi) is 3.28. The number of nitrogen functional groups attached to an aromatic ring is 1. The fourth-order valence-corrected chi connectivity index (χ4v) is 2.07. The summed E-state index contributed by atoms with van der Waals surface area (Å²) in [7, 11) is 1.84. The van der Waals surface area contributed by atoms with Crippen molar-refractivity contribution in [1.29, 1.82) is 0 Å². The first-order valence-electron chi connectivity index (χ1n) is 5.96. The van der Waals surface area contributed by atoms with Crippen LogP contribution >= 0.6 is 0 Å². The lowest BCUT2D eigenvalue weighted by Gasteiger charge is -2.08. The second kappa shape index (κ2) is 4.72. The second-order valence-corrected chi connectivity index (χ2v) is 4.68. The molecular weight excluding hydrogens is 226 g/mol. The van der Waals surface area contributed by atoms with Gasteiger partial charge in [0.1, 0.15) is 18.2 Å². The quantitative estimate of drug-likeness (QED) is 0.904. The number of benzene rings is 1. The predicted molar refractivity (Wildman–Crippen MR) is 72.6 cm³/mol. The number of ether oxygens (including phenoxy) is 1. The van der Waals surface area contributed by atoms with Crippen LogP contribution in [-0.4, -0.2) is 9.78 Å². The Morgan fingerprint density at radius 1 is 1.17 bits per heavy atom. The van der Waals surface area contributed by atoms with Crippen LogP contribution < -0.4 is 10.5 Å². The largest absolute Gasteiger partial charge is 0.489 e. The fraction of sp³-hybridized carbons (Fsp3) is 0.357. The summed E-state index contributed by atoms with van der Waals surface area (Å²) in [5.74, 6) is 1.53. The van der Waals surface area contributed by atoms with Crippen LogP contribution in [0.2, 0.25) is 0 Å². The molecule has 0 unspecified atom stereocenters. The minimum absolute atomic E-state index is 0.453. The van der Waals surface area contributed by atoms with Crippen molar-refractivity contribution in [2.24, 2.45) is 7.05 Å². The third-order valence-electron chi connectivity index (χ3n) is 2.97. The molecule has 0 atom stereocenters. The standard InChI is InChI=1S/C14H19N3O/c1-9-5-10(2)7-12(6-9)18-8-13-11(3)16-17(4)14(13)15/h5-7H,8,15H2,1-4H3. The molecule has 0 saturated heterocycles. The SMILES string of the molecule is Cc1cc(C)cc(OCc2c(C)nn(C)c2N)c1. The highest BCUT2D eigenvalue weighted by molar-refractivity contribution is 5.43. The van der Waals surface area contributed by atoms with Crippen molar-refractivity contribution in [1.82, 2.24) is 9.78 Å². The summed E-state index contributed by atoms with van der Waals surface area (Å²) >= 11 is 0. The van der Waals surface area contributed by atoms with Crippen LogP contribution in [0.15, 0.2) is 18.2 Å². The molecule has 1 aromatic carbocycles. The van der Waals surface area contributed by atoms with Gasteiger partial charge < -0.3 is 10.5 Å². The maximum absolute atomic E-state index is 5.95. The molecule has 0 bridgehead atoms. The number of nitrogens with two attached hydrogens (primary N) is 1. The van der Waals surface area contributed by atoms with Crippen molar-refractivity contribution >= 4 is 5.82 Å². The number of anilines is 1. The van der Waals surface area contributed by atoms with Gasteiger partial charge in [-0.25, -0.2) is 0 Å². The van der Waals surface area contributed by atoms with Crippen LogP contribution in [0.3, 0.4) is 0 Å². The van der Waals surface area contributed by atoms with E-state index in [1.165, 1.54) is 11.1 Å². The molecule has 2 rings (SSSR count). The number of rotatable bonds is 3. The van der Waals surface area contributed by atoms with Crippen LogP contribution in [0.1, 0.15) is 22.4 Å². The maximum Gasteiger partial charge on any atom is 0.128 e. The van der Waals surface area contributed by atoms with Crippen molar-refractivity contribution in [3.8, 4) is 5.75 Å². The van der Waals surface area contributed by atoms with Gasteiger partial charge in [-0.1, -0.05) is 6.07 Å². The first-order chi connectivity index (χ1) is 8.47. The Balaban J connectivity index is 2.16. The molecule has 0 aliphatic heterocycles. The van der Waals surface area contributed by atoms with Crippen LogP contribution in [0.5, 0.6) is 5.75 Å². The van der Waals surface area contributed by atoms with Gasteiger partial charge in [0.15, 0.2) is 0 Å². The molecule has 0 fully saturated rings. The van der Waals surface area contributed by atoms with E-state index in [4.69, 9.17) is 10.5 Å². The van der Waals surface area contributed by atoms with Crippen molar-refractivity contribution in [3.05, 3.63) is 40.6 Å². The Morgan fingerprint density at radius 2 is 1.78 bits per heavy atom. The van der Waals surface area contributed by atoms with Crippen LogP contribution in [0.4, 0.5) is 5.82 Å². The molecule has 96 valence electrons. The molecule has 4 nitrogen and oxygen atoms in total. The Morgan fingerprint density at radius 3 is 2.28 bits per heavy atom. The van der Waals surface area contributed by atoms with E-state index in [0.717, 1.165) is 17.0 Å². The number of aromatic nitrogens is 2. The molecule has 2 N–H and O–H groups in total. The van der Waals surface area contributed by atoms with Crippen molar-refractivity contribution in [2.75, 3.05) is 5.73 Å². The van der Waals surface area contributed by atoms with E-state index in [2.05, 4.69) is 25.0 Å². The summed E-state index contributed by atoms with van der Waals surface area (Å²) in [4.78, 5) is 0. The lowest BCUT2D eigenvalue weighted by Crippen LogP contribution is -2.02. The van der Waals surface area contributed by atoms with E-state index < -0.39 is 0 Å². The Hall–Kier alpha value is -1.97. The van der Waals surface area contributed by atoms with Crippen molar-refractivity contribution < 1.29 is 4.74 Å². The van der Waals surface area contributed by atoms with Gasteiger partial charge in [0.05, 0.1) is 11.3 Å². The number of nitrogens with zero attached hydrogens (tertiary/aromatic N) is 2. The zero-order valence-electron chi connectivity index (χ0n) is 11.3. The van der Waals surface area contributed by atoms with E-state index in [1.807, 2.05) is 26.1 Å². The summed E-state index contributed by atoms with van der Waals surface area (Å²) in [5, 5.41) is 4.27. The fourth-order valence-electron chi connectivity index (χ4n) is 2.07. The molecule has 18 heavy (non-hydrogen) atoms. The maximum atomic E-state index is 5.95. The Bertz CT molecular complexity index is 552. The first-order valence-corrected chi connectivity index (χ1v) is 5.96. The van der Waals surface area contributed by atoms with Crippen LogP contribution in [0.25, 0.3) is 0 Å². The highest BCUT2D eigenvalue weighted by Crippen LogP contribution is 2.21. The summed E-state index contributed by atoms with van der Waals surface area (Å²) < 4.78 is 7.47. The summed E-state index contributed by atoms with van der Waals surface area (Å²) in [6.07, 6.45) is 0. The zero-order valence-corrected chi connectivity index (χ0v) is 11.3. The normalized spacial score (nSPS) is 10.7. The van der Waals surface area contributed by atoms with Gasteiger partial charge >= 0.3 is 0 Å². The predicted octanol–water partition coefficient (Wildman–Crippen LogP) is 2.51. The van der Waals surface area contributed by atoms with E-state index in [0.29, 0.717) is 12.4 Å². The van der Waals surface area contributed by atoms with Gasteiger partial charge in [0.25, 0.3) is 0 Å². The average molecular weight is 245 g/mol. The molecular formula is C14H19N3O. The van der Waals surface area contributed by atoms with Crippen LogP contribution in [-0.2, 0) is 13.7 Å². The molecule has 4 heteroatoms. The zero-order chi connectivity index (χ0) is 13.3. The third kappa shape index (κ3) is 2.47. The molecule has 0 radical (unpaired) electrons. The molecule has 1 aromatic heterocycles. The highest BCUT2D eigenvalue weighted by Gasteiger charge is 2.10. The molecule has 0 spiro atoms. The van der Waals surface area contributed by atoms with Gasteiger partial charge in [0, 0.05) is 7.05 Å². The number of hydrogen-bond acceptors (Lipinski definition) is 3. The lowest BCUT2D eigenvalue weighted by molar-refractivity contribution is 0.305. The first kappa shape index (κ1) is 12.5. The monoisotopic (exact) mass is 245 g/mol. The van der Waals surface area contributed by atoms with Crippen LogP contribution in [0, 0.1) is 20.8 Å². The minimum Gasteiger partial charge on any atom is -0.489 e. The highest BCUT2D eigenvalue weighted by atomic mass is 16.5. The minimum atomic E-state index is 0.453. The van der Waals surface area contributed by atoms with Crippen molar-refractivity contribution in [2.45, 2.75) is 27.4 Å². The van der Waals surface area contributed by atoms with Gasteiger partial charge in [0.2, 0.25) is 0 Å². The van der Waals surface area contributed by atoms with E-state index in [-0.39, 0.29) is 0 Å². The Labute approximate surface area is 107 Å². The second-order valence-electron chi connectivity index (χ2n) is 4.68. The third-order valence-corrected chi connectivity index (χ3v) is 2.97. The van der Waals surface area contributed by atoms with E-state index in [9.17, 15) is 0 Å². The van der Waals surface area contributed by atoms with Gasteiger partial charge in [-0.2, -0.15) is 5.10 Å². The number of aryl methyl sites for hydroxylation is 4. The molecule has 1 heterocycles.